The molecule has 1 N–H and O–H groups in total. The van der Waals surface area contributed by atoms with E-state index in [2.05, 4.69) is 12.2 Å². The van der Waals surface area contributed by atoms with E-state index in [1.807, 2.05) is 24.3 Å². The molecule has 1 atom stereocenters. The van der Waals surface area contributed by atoms with Crippen molar-refractivity contribution < 1.29 is 23.8 Å². The third kappa shape index (κ3) is 5.53. The van der Waals surface area contributed by atoms with Gasteiger partial charge in [0.15, 0.2) is 18.1 Å². The predicted molar refractivity (Wildman–Crippen MR) is 117 cm³/mol. The lowest BCUT2D eigenvalue weighted by molar-refractivity contribution is -0.124. The van der Waals surface area contributed by atoms with Gasteiger partial charge in [-0.3, -0.25) is 4.79 Å². The van der Waals surface area contributed by atoms with Crippen LogP contribution in [0.1, 0.15) is 45.4 Å². The molecule has 0 saturated carbocycles. The van der Waals surface area contributed by atoms with Crippen molar-refractivity contribution in [2.24, 2.45) is 5.92 Å². The van der Waals surface area contributed by atoms with E-state index in [0.717, 1.165) is 18.4 Å². The lowest BCUT2D eigenvalue weighted by Gasteiger charge is -2.19. The van der Waals surface area contributed by atoms with Gasteiger partial charge in [0.25, 0.3) is 5.91 Å². The van der Waals surface area contributed by atoms with Crippen LogP contribution in [-0.2, 0) is 28.8 Å². The topological polar surface area (TPSA) is 73.9 Å². The molecule has 0 aliphatic heterocycles. The van der Waals surface area contributed by atoms with Gasteiger partial charge in [0.05, 0.1) is 14.2 Å². The standard InChI is InChI=1S/C23H29NO5S/c1-4-15-6-8-20-17(11-15)13-21(30-20)23(26)29-14-22(25)24-10-9-16-5-7-18(27-2)19(12-16)28-3/h5,7,12-13,15H,4,6,8-11,14H2,1-3H3,(H,24,25). The van der Waals surface area contributed by atoms with Gasteiger partial charge in [0, 0.05) is 11.4 Å². The highest BCUT2D eigenvalue weighted by molar-refractivity contribution is 7.14. The Labute approximate surface area is 181 Å². The molecule has 1 heterocycles. The van der Waals surface area contributed by atoms with E-state index < -0.39 is 5.97 Å². The molecule has 30 heavy (non-hydrogen) atoms. The first-order valence-electron chi connectivity index (χ1n) is 10.3. The smallest absolute Gasteiger partial charge is 0.348 e. The van der Waals surface area contributed by atoms with Crippen LogP contribution in [0.4, 0.5) is 0 Å². The Morgan fingerprint density at radius 2 is 1.97 bits per heavy atom. The highest BCUT2D eigenvalue weighted by atomic mass is 32.1. The van der Waals surface area contributed by atoms with E-state index in [0.29, 0.717) is 35.3 Å². The average molecular weight is 432 g/mol. The molecule has 3 rings (SSSR count). The number of hydrogen-bond acceptors (Lipinski definition) is 6. The number of amides is 1. The molecule has 1 aromatic carbocycles. The number of thiophene rings is 1. The number of rotatable bonds is 9. The lowest BCUT2D eigenvalue weighted by atomic mass is 9.87. The van der Waals surface area contributed by atoms with E-state index in [1.54, 1.807) is 14.2 Å². The molecule has 7 heteroatoms. The van der Waals surface area contributed by atoms with Crippen LogP contribution in [0.15, 0.2) is 24.3 Å². The first kappa shape index (κ1) is 22.2. The summed E-state index contributed by atoms with van der Waals surface area (Å²) >= 11 is 1.50. The zero-order chi connectivity index (χ0) is 21.5. The van der Waals surface area contributed by atoms with E-state index in [9.17, 15) is 9.59 Å². The Bertz CT molecular complexity index is 892. The number of methoxy groups -OCH3 is 2. The summed E-state index contributed by atoms with van der Waals surface area (Å²) in [5.74, 6) is 1.29. The van der Waals surface area contributed by atoms with Crippen molar-refractivity contribution in [2.45, 2.75) is 39.0 Å². The first-order chi connectivity index (χ1) is 14.5. The summed E-state index contributed by atoms with van der Waals surface area (Å²) in [7, 11) is 3.18. The molecular weight excluding hydrogens is 402 g/mol. The van der Waals surface area contributed by atoms with Crippen LogP contribution < -0.4 is 14.8 Å². The molecule has 0 radical (unpaired) electrons. The van der Waals surface area contributed by atoms with Crippen LogP contribution in [0.25, 0.3) is 0 Å². The minimum atomic E-state index is -0.419. The number of hydrogen-bond donors (Lipinski definition) is 1. The van der Waals surface area contributed by atoms with Gasteiger partial charge in [-0.1, -0.05) is 19.4 Å². The van der Waals surface area contributed by atoms with Crippen LogP contribution in [0.5, 0.6) is 11.5 Å². The summed E-state index contributed by atoms with van der Waals surface area (Å²) in [6.45, 7) is 2.38. The van der Waals surface area contributed by atoms with Crippen molar-refractivity contribution in [1.82, 2.24) is 5.32 Å². The van der Waals surface area contributed by atoms with Crippen molar-refractivity contribution in [1.29, 1.82) is 0 Å². The second-order valence-electron chi connectivity index (χ2n) is 7.44. The third-order valence-corrected chi connectivity index (χ3v) is 6.70. The van der Waals surface area contributed by atoms with Crippen molar-refractivity contribution in [2.75, 3.05) is 27.4 Å². The summed E-state index contributed by atoms with van der Waals surface area (Å²) in [6.07, 6.45) is 5.05. The highest BCUT2D eigenvalue weighted by Gasteiger charge is 2.23. The zero-order valence-corrected chi connectivity index (χ0v) is 18.6. The minimum absolute atomic E-state index is 0.273. The molecule has 1 aromatic heterocycles. The normalized spacial score (nSPS) is 15.2. The Morgan fingerprint density at radius 3 is 2.70 bits per heavy atom. The van der Waals surface area contributed by atoms with Crippen molar-refractivity contribution in [3.05, 3.63) is 45.1 Å². The average Bonchev–Trinajstić information content (AvgIpc) is 3.20. The van der Waals surface area contributed by atoms with E-state index in [-0.39, 0.29) is 12.5 Å². The van der Waals surface area contributed by atoms with Gasteiger partial charge in [0.2, 0.25) is 0 Å². The molecule has 1 aliphatic rings. The quantitative estimate of drug-likeness (QED) is 0.612. The second kappa shape index (κ2) is 10.5. The number of benzene rings is 1. The monoisotopic (exact) mass is 431 g/mol. The van der Waals surface area contributed by atoms with Crippen LogP contribution in [0, 0.1) is 5.92 Å². The molecule has 1 unspecified atom stereocenters. The van der Waals surface area contributed by atoms with Gasteiger partial charge in [-0.2, -0.15) is 0 Å². The van der Waals surface area contributed by atoms with Crippen LogP contribution in [-0.4, -0.2) is 39.2 Å². The lowest BCUT2D eigenvalue weighted by Crippen LogP contribution is -2.30. The maximum absolute atomic E-state index is 12.3. The van der Waals surface area contributed by atoms with Crippen molar-refractivity contribution in [3.8, 4) is 11.5 Å². The number of ether oxygens (including phenoxy) is 3. The molecule has 0 saturated heterocycles. The summed E-state index contributed by atoms with van der Waals surface area (Å²) in [6, 6.07) is 7.59. The molecule has 0 bridgehead atoms. The van der Waals surface area contributed by atoms with Crippen LogP contribution >= 0.6 is 11.3 Å². The summed E-state index contributed by atoms with van der Waals surface area (Å²) in [5, 5.41) is 2.78. The van der Waals surface area contributed by atoms with E-state index in [1.165, 1.54) is 34.6 Å². The van der Waals surface area contributed by atoms with E-state index >= 15 is 0 Å². The molecule has 1 amide bonds. The Kier molecular flexibility index (Phi) is 7.74. The van der Waals surface area contributed by atoms with E-state index in [4.69, 9.17) is 14.2 Å². The van der Waals surface area contributed by atoms with Gasteiger partial charge in [0.1, 0.15) is 4.88 Å². The summed E-state index contributed by atoms with van der Waals surface area (Å²) in [4.78, 5) is 26.2. The van der Waals surface area contributed by atoms with Gasteiger partial charge in [-0.25, -0.2) is 4.79 Å². The van der Waals surface area contributed by atoms with Gasteiger partial charge >= 0.3 is 5.97 Å². The van der Waals surface area contributed by atoms with Crippen LogP contribution in [0.2, 0.25) is 0 Å². The summed E-state index contributed by atoms with van der Waals surface area (Å²) in [5.41, 5.74) is 2.28. The zero-order valence-electron chi connectivity index (χ0n) is 17.8. The number of carbonyl (C=O) groups excluding carboxylic acids is 2. The second-order valence-corrected chi connectivity index (χ2v) is 8.58. The molecule has 0 fully saturated rings. The number of fused-ring (bicyclic) bond motifs is 1. The highest BCUT2D eigenvalue weighted by Crippen LogP contribution is 2.33. The van der Waals surface area contributed by atoms with Gasteiger partial charge in [-0.15, -0.1) is 11.3 Å². The largest absolute Gasteiger partial charge is 0.493 e. The maximum Gasteiger partial charge on any atom is 0.348 e. The molecular formula is C23H29NO5S. The fourth-order valence-corrected chi connectivity index (χ4v) is 4.79. The fourth-order valence-electron chi connectivity index (χ4n) is 3.68. The Hall–Kier alpha value is -2.54. The molecule has 0 spiro atoms. The Balaban J connectivity index is 1.43. The van der Waals surface area contributed by atoms with Gasteiger partial charge < -0.3 is 19.5 Å². The minimum Gasteiger partial charge on any atom is -0.493 e. The maximum atomic E-state index is 12.3. The number of carbonyl (C=O) groups is 2. The Morgan fingerprint density at radius 1 is 1.17 bits per heavy atom. The number of aryl methyl sites for hydroxylation is 1. The van der Waals surface area contributed by atoms with Crippen molar-refractivity contribution >= 4 is 23.2 Å². The predicted octanol–water partition coefficient (Wildman–Crippen LogP) is 3.80. The van der Waals surface area contributed by atoms with Crippen LogP contribution in [0.3, 0.4) is 0 Å². The molecule has 6 nitrogen and oxygen atoms in total. The van der Waals surface area contributed by atoms with Crippen molar-refractivity contribution in [3.63, 3.8) is 0 Å². The summed E-state index contributed by atoms with van der Waals surface area (Å²) < 4.78 is 15.7. The SMILES string of the molecule is CCC1CCc2sc(C(=O)OCC(=O)NCCc3ccc(OC)c(OC)c3)cc2C1. The molecule has 1 aliphatic carbocycles. The van der Waals surface area contributed by atoms with Gasteiger partial charge in [-0.05, 0) is 60.9 Å². The molecule has 2 aromatic rings. The first-order valence-corrected chi connectivity index (χ1v) is 11.1. The number of esters is 1. The number of nitrogens with one attached hydrogen (secondary N) is 1. The molecule has 162 valence electrons. The fraction of sp³-hybridized carbons (Fsp3) is 0.478. The third-order valence-electron chi connectivity index (χ3n) is 5.48.